The maximum atomic E-state index is 13.6. The summed E-state index contributed by atoms with van der Waals surface area (Å²) < 4.78 is 39.3. The third kappa shape index (κ3) is 6.52. The van der Waals surface area contributed by atoms with Crippen molar-refractivity contribution in [3.05, 3.63) is 83.6 Å². The van der Waals surface area contributed by atoms with E-state index in [0.717, 1.165) is 5.56 Å². The smallest absolute Gasteiger partial charge is 0.259 e. The highest BCUT2D eigenvalue weighted by Crippen LogP contribution is 2.29. The number of hydrogen-bond donors (Lipinski definition) is 1. The molecule has 0 fully saturated rings. The number of likely N-dealkylation sites (N-methyl/N-ethyl adjacent to an activating group) is 1. The first kappa shape index (κ1) is 29.3. The molecule has 40 heavy (non-hydrogen) atoms. The van der Waals surface area contributed by atoms with Gasteiger partial charge in [0, 0.05) is 25.7 Å². The predicted molar refractivity (Wildman–Crippen MR) is 154 cm³/mol. The molecular weight excluding hydrogens is 530 g/mol. The van der Waals surface area contributed by atoms with Gasteiger partial charge in [-0.15, -0.1) is 0 Å². The topological polar surface area (TPSA) is 109 Å². The Bertz CT molecular complexity index is 1440. The van der Waals surface area contributed by atoms with Gasteiger partial charge in [-0.2, -0.15) is 4.31 Å². The van der Waals surface area contributed by atoms with Crippen molar-refractivity contribution in [1.29, 1.82) is 0 Å². The summed E-state index contributed by atoms with van der Waals surface area (Å²) in [6.07, 6.45) is 4.79. The minimum absolute atomic E-state index is 0.0296. The molecule has 1 amide bonds. The van der Waals surface area contributed by atoms with Crippen molar-refractivity contribution >= 4 is 28.1 Å². The molecule has 0 saturated carbocycles. The number of amides is 1. The van der Waals surface area contributed by atoms with Crippen LogP contribution >= 0.6 is 0 Å². The van der Waals surface area contributed by atoms with E-state index >= 15 is 0 Å². The van der Waals surface area contributed by atoms with Crippen LogP contribution in [0.15, 0.2) is 71.8 Å². The van der Waals surface area contributed by atoms with Crippen molar-refractivity contribution in [3.8, 4) is 11.6 Å². The Balaban J connectivity index is 1.65. The molecule has 1 aromatic heterocycles. The molecule has 3 aromatic rings. The first-order chi connectivity index (χ1) is 19.1. The third-order valence-corrected chi connectivity index (χ3v) is 8.85. The van der Waals surface area contributed by atoms with Gasteiger partial charge < -0.3 is 19.5 Å². The lowest BCUT2D eigenvalue weighted by molar-refractivity contribution is 0.0373. The highest BCUT2D eigenvalue weighted by atomic mass is 32.2. The summed E-state index contributed by atoms with van der Waals surface area (Å²) in [4.78, 5) is 19.8. The van der Waals surface area contributed by atoms with Crippen LogP contribution in [-0.2, 0) is 10.0 Å². The number of hydrogen-bond acceptors (Lipinski definition) is 7. The molecular formula is C30H35N3O6S. The fraction of sp³-hybridized carbons (Fsp3) is 0.333. The Morgan fingerprint density at radius 3 is 2.48 bits per heavy atom. The molecule has 0 aliphatic carbocycles. The van der Waals surface area contributed by atoms with Gasteiger partial charge in [-0.25, -0.2) is 13.4 Å². The van der Waals surface area contributed by atoms with E-state index in [1.807, 2.05) is 49.4 Å². The first-order valence-electron chi connectivity index (χ1n) is 13.1. The summed E-state index contributed by atoms with van der Waals surface area (Å²) in [5.74, 6) is 0.119. The number of aliphatic hydroxyl groups excluding tert-OH is 1. The zero-order valence-corrected chi connectivity index (χ0v) is 23.9. The summed E-state index contributed by atoms with van der Waals surface area (Å²) in [6, 6.07) is 17.2. The molecule has 0 spiro atoms. The van der Waals surface area contributed by atoms with Crippen LogP contribution in [0.2, 0.25) is 0 Å². The lowest BCUT2D eigenvalue weighted by atomic mass is 10.00. The van der Waals surface area contributed by atoms with Crippen LogP contribution in [0, 0.1) is 5.92 Å². The molecule has 1 N–H and O–H groups in total. The maximum Gasteiger partial charge on any atom is 0.259 e. The van der Waals surface area contributed by atoms with Gasteiger partial charge in [-0.05, 0) is 48.4 Å². The monoisotopic (exact) mass is 565 g/mol. The molecule has 1 aliphatic rings. The number of pyridine rings is 1. The number of rotatable bonds is 9. The lowest BCUT2D eigenvalue weighted by Gasteiger charge is -2.37. The molecule has 0 saturated heterocycles. The van der Waals surface area contributed by atoms with Crippen LogP contribution in [0.4, 0.5) is 0 Å². The number of fused-ring (bicyclic) bond motifs is 1. The molecule has 212 valence electrons. The molecule has 3 atom stereocenters. The van der Waals surface area contributed by atoms with Gasteiger partial charge in [0.15, 0.2) is 0 Å². The molecule has 4 rings (SSSR count). The van der Waals surface area contributed by atoms with E-state index in [2.05, 4.69) is 4.98 Å². The van der Waals surface area contributed by atoms with Crippen LogP contribution in [0.1, 0.15) is 35.3 Å². The molecule has 10 heteroatoms. The Morgan fingerprint density at radius 2 is 1.82 bits per heavy atom. The zero-order valence-electron chi connectivity index (χ0n) is 23.1. The van der Waals surface area contributed by atoms with E-state index in [1.54, 1.807) is 36.2 Å². The van der Waals surface area contributed by atoms with Crippen LogP contribution in [-0.4, -0.2) is 79.6 Å². The third-order valence-electron chi connectivity index (χ3n) is 7.01. The molecule has 2 aromatic carbocycles. The van der Waals surface area contributed by atoms with E-state index in [1.165, 1.54) is 30.6 Å². The van der Waals surface area contributed by atoms with E-state index < -0.39 is 22.2 Å². The average Bonchev–Trinajstić information content (AvgIpc) is 2.98. The SMILES string of the molecule is COc1ccc(S(=O)(=O)N(C)C[C@@H]2Oc3ncc(C=Cc4ccccc4)cc3C(=O)N([C@H](C)CO)C[C@@H]2C)cc1. The number of aliphatic hydroxyl groups is 1. The first-order valence-corrected chi connectivity index (χ1v) is 14.5. The Hall–Kier alpha value is -3.73. The van der Waals surface area contributed by atoms with Crippen LogP contribution in [0.5, 0.6) is 11.6 Å². The maximum absolute atomic E-state index is 13.6. The molecule has 0 radical (unpaired) electrons. The number of carbonyl (C=O) groups is 1. The summed E-state index contributed by atoms with van der Waals surface area (Å²) in [5, 5.41) is 9.90. The van der Waals surface area contributed by atoms with E-state index in [4.69, 9.17) is 9.47 Å². The van der Waals surface area contributed by atoms with Gasteiger partial charge in [-0.1, -0.05) is 49.4 Å². The zero-order chi connectivity index (χ0) is 28.9. The van der Waals surface area contributed by atoms with Crippen LogP contribution < -0.4 is 9.47 Å². The number of aromatic nitrogens is 1. The average molecular weight is 566 g/mol. The molecule has 2 heterocycles. The van der Waals surface area contributed by atoms with Crippen molar-refractivity contribution in [2.24, 2.45) is 5.92 Å². The van der Waals surface area contributed by atoms with Gasteiger partial charge in [-0.3, -0.25) is 4.79 Å². The Labute approximate surface area is 235 Å². The van der Waals surface area contributed by atoms with Crippen molar-refractivity contribution in [3.63, 3.8) is 0 Å². The fourth-order valence-corrected chi connectivity index (χ4v) is 5.65. The van der Waals surface area contributed by atoms with Gasteiger partial charge in [0.2, 0.25) is 15.9 Å². The lowest BCUT2D eigenvalue weighted by Crippen LogP contribution is -2.50. The molecule has 1 aliphatic heterocycles. The summed E-state index contributed by atoms with van der Waals surface area (Å²) in [6.45, 7) is 3.75. The van der Waals surface area contributed by atoms with Crippen LogP contribution in [0.25, 0.3) is 12.2 Å². The summed E-state index contributed by atoms with van der Waals surface area (Å²) in [7, 11) is -0.807. The number of ether oxygens (including phenoxy) is 2. The van der Waals surface area contributed by atoms with E-state index in [0.29, 0.717) is 11.3 Å². The normalized spacial score (nSPS) is 18.6. The molecule has 0 bridgehead atoms. The second-order valence-corrected chi connectivity index (χ2v) is 12.0. The molecule has 0 unspecified atom stereocenters. The van der Waals surface area contributed by atoms with Gasteiger partial charge in [0.1, 0.15) is 17.4 Å². The van der Waals surface area contributed by atoms with Crippen molar-refractivity contribution in [2.45, 2.75) is 30.9 Å². The second-order valence-electron chi connectivity index (χ2n) is 9.95. The number of carbonyl (C=O) groups excluding carboxylic acids is 1. The van der Waals surface area contributed by atoms with E-state index in [-0.39, 0.29) is 47.9 Å². The van der Waals surface area contributed by atoms with E-state index in [9.17, 15) is 18.3 Å². The van der Waals surface area contributed by atoms with Crippen molar-refractivity contribution < 1.29 is 27.8 Å². The number of methoxy groups -OCH3 is 1. The highest BCUT2D eigenvalue weighted by Gasteiger charge is 2.35. The standard InChI is InChI=1S/C30H35N3O6S/c1-21-18-33(22(2)20-34)30(35)27-16-24(11-10-23-8-6-5-7-9-23)17-31-29(27)39-28(21)19-32(3)40(36,37)26-14-12-25(38-4)13-15-26/h5-17,21-22,28,34H,18-20H2,1-4H3/t21-,22+,28-/m0/s1. The number of benzene rings is 2. The fourth-order valence-electron chi connectivity index (χ4n) is 4.46. The largest absolute Gasteiger partial charge is 0.497 e. The summed E-state index contributed by atoms with van der Waals surface area (Å²) in [5.41, 5.74) is 1.97. The Morgan fingerprint density at radius 1 is 1.15 bits per heavy atom. The minimum Gasteiger partial charge on any atom is -0.497 e. The van der Waals surface area contributed by atoms with Gasteiger partial charge >= 0.3 is 0 Å². The highest BCUT2D eigenvalue weighted by molar-refractivity contribution is 7.89. The second kappa shape index (κ2) is 12.6. The summed E-state index contributed by atoms with van der Waals surface area (Å²) >= 11 is 0. The van der Waals surface area contributed by atoms with Gasteiger partial charge in [0.05, 0.1) is 31.2 Å². The van der Waals surface area contributed by atoms with Crippen molar-refractivity contribution in [2.75, 3.05) is 33.9 Å². The van der Waals surface area contributed by atoms with Crippen molar-refractivity contribution in [1.82, 2.24) is 14.2 Å². The molecule has 9 nitrogen and oxygen atoms in total. The Kier molecular flexibility index (Phi) is 9.24. The number of nitrogens with zero attached hydrogens (tertiary/aromatic N) is 3. The number of sulfonamides is 1. The van der Waals surface area contributed by atoms with Gasteiger partial charge in [0.25, 0.3) is 5.91 Å². The quantitative estimate of drug-likeness (QED) is 0.420. The van der Waals surface area contributed by atoms with Crippen LogP contribution in [0.3, 0.4) is 0 Å². The predicted octanol–water partition coefficient (Wildman–Crippen LogP) is 3.80. The minimum atomic E-state index is -3.82.